The van der Waals surface area contributed by atoms with E-state index in [4.69, 9.17) is 5.26 Å². The first kappa shape index (κ1) is 21.7. The minimum absolute atomic E-state index is 0.291. The van der Waals surface area contributed by atoms with Crippen molar-refractivity contribution in [3.05, 3.63) is 52.1 Å². The van der Waals surface area contributed by atoms with Crippen LogP contribution in [-0.2, 0) is 17.5 Å². The molecule has 0 spiro atoms. The van der Waals surface area contributed by atoms with Crippen LogP contribution >= 0.6 is 15.9 Å². The fourth-order valence-corrected chi connectivity index (χ4v) is 3.21. The zero-order valence-corrected chi connectivity index (χ0v) is 16.7. The molecule has 2 N–H and O–H groups in total. The number of amides is 1. The average Bonchev–Trinajstić information content (AvgIpc) is 2.95. The Morgan fingerprint density at radius 2 is 2.07 bits per heavy atom. The highest BCUT2D eigenvalue weighted by Crippen LogP contribution is 2.33. The maximum Gasteiger partial charge on any atom is 0.419 e. The molecule has 7 nitrogen and oxygen atoms in total. The van der Waals surface area contributed by atoms with Gasteiger partial charge in [0, 0.05) is 5.39 Å². The number of nitrogens with one attached hydrogen (secondary N) is 1. The van der Waals surface area contributed by atoms with E-state index < -0.39 is 34.8 Å². The number of hydrogen-bond acceptors (Lipinski definition) is 5. The Balaban J connectivity index is 1.86. The van der Waals surface area contributed by atoms with Gasteiger partial charge in [0.15, 0.2) is 11.3 Å². The molecule has 1 amide bonds. The quantitative estimate of drug-likeness (QED) is 0.549. The normalized spacial score (nSPS) is 13.7. The molecule has 2 heterocycles. The van der Waals surface area contributed by atoms with Gasteiger partial charge in [0.05, 0.1) is 29.5 Å². The lowest BCUT2D eigenvalue weighted by Crippen LogP contribution is -2.44. The molecule has 0 unspecified atom stereocenters. The highest BCUT2D eigenvalue weighted by atomic mass is 79.9. The topological polar surface area (TPSA) is 104 Å². The first-order valence-electron chi connectivity index (χ1n) is 8.25. The van der Waals surface area contributed by atoms with E-state index in [-0.39, 0.29) is 12.2 Å². The molecule has 30 heavy (non-hydrogen) atoms. The van der Waals surface area contributed by atoms with Crippen LogP contribution in [0.25, 0.3) is 10.9 Å². The molecule has 156 valence electrons. The largest absolute Gasteiger partial charge is 0.419 e. The van der Waals surface area contributed by atoms with Crippen molar-refractivity contribution >= 4 is 38.4 Å². The number of pyridine rings is 1. The van der Waals surface area contributed by atoms with Crippen molar-refractivity contribution in [2.75, 3.05) is 5.32 Å². The van der Waals surface area contributed by atoms with Crippen LogP contribution in [0.1, 0.15) is 18.2 Å². The van der Waals surface area contributed by atoms with Gasteiger partial charge in [-0.05, 0) is 47.1 Å². The molecule has 3 rings (SSSR count). The van der Waals surface area contributed by atoms with Gasteiger partial charge in [-0.3, -0.25) is 9.48 Å². The van der Waals surface area contributed by atoms with Crippen LogP contribution < -0.4 is 5.32 Å². The molecule has 0 fully saturated rings. The lowest BCUT2D eigenvalue weighted by molar-refractivity contribution is -0.138. The molecule has 1 atom stereocenters. The van der Waals surface area contributed by atoms with Gasteiger partial charge in [0.1, 0.15) is 16.5 Å². The zero-order valence-electron chi connectivity index (χ0n) is 15.1. The Labute approximate surface area is 175 Å². The summed E-state index contributed by atoms with van der Waals surface area (Å²) in [5, 5.41) is 26.0. The third-order valence-electron chi connectivity index (χ3n) is 4.17. The Morgan fingerprint density at radius 1 is 1.37 bits per heavy atom. The van der Waals surface area contributed by atoms with Crippen LogP contribution in [-0.4, -0.2) is 31.4 Å². The van der Waals surface area contributed by atoms with Crippen LogP contribution in [0, 0.1) is 17.1 Å². The van der Waals surface area contributed by atoms with Gasteiger partial charge < -0.3 is 10.4 Å². The van der Waals surface area contributed by atoms with E-state index in [9.17, 15) is 27.5 Å². The first-order chi connectivity index (χ1) is 13.9. The van der Waals surface area contributed by atoms with Crippen LogP contribution in [0.2, 0.25) is 0 Å². The number of carbonyl (C=O) groups is 1. The van der Waals surface area contributed by atoms with E-state index in [1.54, 1.807) is 0 Å². The Kier molecular flexibility index (Phi) is 5.53. The smallest absolute Gasteiger partial charge is 0.378 e. The number of carbonyl (C=O) groups excluding carboxylic acids is 1. The van der Waals surface area contributed by atoms with Crippen molar-refractivity contribution in [2.24, 2.45) is 0 Å². The minimum Gasteiger partial charge on any atom is -0.378 e. The van der Waals surface area contributed by atoms with Gasteiger partial charge in [-0.2, -0.15) is 23.5 Å². The summed E-state index contributed by atoms with van der Waals surface area (Å²) < 4.78 is 54.2. The number of halogens is 5. The highest BCUT2D eigenvalue weighted by molar-refractivity contribution is 9.10. The SMILES string of the molecule is C[C@](O)(Cn1nc(Br)c2cc(F)ccc21)C(=O)Nc1cnc(C#N)c(C(F)(F)F)c1. The van der Waals surface area contributed by atoms with Crippen molar-refractivity contribution in [1.82, 2.24) is 14.8 Å². The summed E-state index contributed by atoms with van der Waals surface area (Å²) in [5.74, 6) is -1.52. The molecule has 2 aromatic heterocycles. The Bertz CT molecular complexity index is 1180. The van der Waals surface area contributed by atoms with Crippen molar-refractivity contribution < 1.29 is 27.5 Å². The molecule has 0 saturated heterocycles. The summed E-state index contributed by atoms with van der Waals surface area (Å²) in [6.07, 6.45) is -3.97. The lowest BCUT2D eigenvalue weighted by Gasteiger charge is -2.23. The van der Waals surface area contributed by atoms with Gasteiger partial charge in [0.25, 0.3) is 5.91 Å². The van der Waals surface area contributed by atoms with Crippen molar-refractivity contribution in [3.63, 3.8) is 0 Å². The number of anilines is 1. The Hall–Kier alpha value is -3.04. The summed E-state index contributed by atoms with van der Waals surface area (Å²) in [5.41, 5.74) is -4.17. The lowest BCUT2D eigenvalue weighted by atomic mass is 10.1. The monoisotopic (exact) mass is 485 g/mol. The number of aromatic nitrogens is 3. The molecule has 12 heteroatoms. The van der Waals surface area contributed by atoms with E-state index in [2.05, 4.69) is 31.3 Å². The van der Waals surface area contributed by atoms with E-state index >= 15 is 0 Å². The molecule has 0 saturated carbocycles. The van der Waals surface area contributed by atoms with Crippen LogP contribution in [0.5, 0.6) is 0 Å². The fourth-order valence-electron chi connectivity index (χ4n) is 2.70. The number of rotatable bonds is 4. The van der Waals surface area contributed by atoms with Gasteiger partial charge in [-0.25, -0.2) is 9.37 Å². The molecule has 0 aliphatic heterocycles. The highest BCUT2D eigenvalue weighted by Gasteiger charge is 2.36. The molecule has 0 aliphatic carbocycles. The predicted octanol–water partition coefficient (Wildman–Crippen LogP) is 3.61. The number of benzene rings is 1. The summed E-state index contributed by atoms with van der Waals surface area (Å²) in [6.45, 7) is 0.775. The minimum atomic E-state index is -4.85. The zero-order chi connectivity index (χ0) is 22.3. The summed E-state index contributed by atoms with van der Waals surface area (Å²) in [4.78, 5) is 15.9. The van der Waals surface area contributed by atoms with Crippen LogP contribution in [0.3, 0.4) is 0 Å². The predicted molar refractivity (Wildman–Crippen MR) is 101 cm³/mol. The number of alkyl halides is 3. The number of nitrogens with zero attached hydrogens (tertiary/aromatic N) is 4. The van der Waals surface area contributed by atoms with Crippen molar-refractivity contribution in [1.29, 1.82) is 5.26 Å². The molecule has 0 bridgehead atoms. The molecule has 0 aliphatic rings. The summed E-state index contributed by atoms with van der Waals surface area (Å²) >= 11 is 3.17. The number of fused-ring (bicyclic) bond motifs is 1. The van der Waals surface area contributed by atoms with E-state index in [0.29, 0.717) is 21.6 Å². The molecule has 3 aromatic rings. The summed E-state index contributed by atoms with van der Waals surface area (Å²) in [6, 6.07) is 5.71. The van der Waals surface area contributed by atoms with Crippen molar-refractivity contribution in [2.45, 2.75) is 25.2 Å². The third-order valence-corrected chi connectivity index (χ3v) is 4.76. The maximum absolute atomic E-state index is 13.4. The average molecular weight is 486 g/mol. The first-order valence-corrected chi connectivity index (χ1v) is 9.04. The third kappa shape index (κ3) is 4.27. The standard InChI is InChI=1S/C18H12BrF4N5O2/c1-17(30,8-28-14-3-2-9(20)4-11(14)15(19)27-28)16(29)26-10-5-12(18(21,22)23)13(6-24)25-7-10/h2-5,7,30H,8H2,1H3,(H,26,29)/t17-/m0/s1. The second-order valence-corrected chi connectivity index (χ2v) is 7.32. The van der Waals surface area contributed by atoms with E-state index in [0.717, 1.165) is 13.1 Å². The van der Waals surface area contributed by atoms with Crippen LogP contribution in [0.15, 0.2) is 35.1 Å². The van der Waals surface area contributed by atoms with Gasteiger partial charge in [-0.15, -0.1) is 0 Å². The second-order valence-electron chi connectivity index (χ2n) is 6.57. The number of aliphatic hydroxyl groups is 1. The van der Waals surface area contributed by atoms with Gasteiger partial charge >= 0.3 is 6.18 Å². The molecular formula is C18H12BrF4N5O2. The van der Waals surface area contributed by atoms with E-state index in [1.165, 1.54) is 29.0 Å². The molecule has 1 aromatic carbocycles. The van der Waals surface area contributed by atoms with E-state index in [1.807, 2.05) is 0 Å². The molecule has 0 radical (unpaired) electrons. The summed E-state index contributed by atoms with van der Waals surface area (Å²) in [7, 11) is 0. The fraction of sp³-hybridized carbons (Fsp3) is 0.222. The second kappa shape index (κ2) is 7.66. The number of hydrogen-bond donors (Lipinski definition) is 2. The van der Waals surface area contributed by atoms with Crippen LogP contribution in [0.4, 0.5) is 23.2 Å². The van der Waals surface area contributed by atoms with Gasteiger partial charge in [-0.1, -0.05) is 0 Å². The molecular weight excluding hydrogens is 474 g/mol. The van der Waals surface area contributed by atoms with Crippen molar-refractivity contribution in [3.8, 4) is 6.07 Å². The Morgan fingerprint density at radius 3 is 2.70 bits per heavy atom. The number of nitriles is 1. The maximum atomic E-state index is 13.4. The van der Waals surface area contributed by atoms with Gasteiger partial charge in [0.2, 0.25) is 0 Å².